The summed E-state index contributed by atoms with van der Waals surface area (Å²) in [6, 6.07) is 9.75. The summed E-state index contributed by atoms with van der Waals surface area (Å²) in [5, 5.41) is 13.5. The molecule has 1 N–H and O–H groups in total. The zero-order chi connectivity index (χ0) is 15.9. The lowest BCUT2D eigenvalue weighted by Crippen LogP contribution is -2.24. The largest absolute Gasteiger partial charge is 0.493 e. The van der Waals surface area contributed by atoms with Crippen LogP contribution in [0, 0.1) is 17.0 Å². The highest BCUT2D eigenvalue weighted by molar-refractivity contribution is 7.13. The first-order valence-electron chi connectivity index (χ1n) is 6.78. The predicted molar refractivity (Wildman–Crippen MR) is 84.6 cm³/mol. The Kier molecular flexibility index (Phi) is 5.48. The van der Waals surface area contributed by atoms with Crippen LogP contribution < -0.4 is 10.1 Å². The van der Waals surface area contributed by atoms with E-state index in [-0.39, 0.29) is 11.6 Å². The third kappa shape index (κ3) is 4.56. The molecule has 7 heteroatoms. The van der Waals surface area contributed by atoms with Crippen LogP contribution in [0.4, 0.5) is 5.69 Å². The summed E-state index contributed by atoms with van der Waals surface area (Å²) in [6.45, 7) is 2.82. The van der Waals surface area contributed by atoms with E-state index in [4.69, 9.17) is 4.74 Å². The minimum absolute atomic E-state index is 0.00105. The lowest BCUT2D eigenvalue weighted by Gasteiger charge is -2.06. The molecule has 1 aromatic heterocycles. The van der Waals surface area contributed by atoms with Crippen LogP contribution in [0.15, 0.2) is 36.4 Å². The molecule has 0 spiro atoms. The maximum atomic E-state index is 11.8. The number of amides is 1. The van der Waals surface area contributed by atoms with E-state index >= 15 is 0 Å². The summed E-state index contributed by atoms with van der Waals surface area (Å²) in [7, 11) is 0. The molecule has 0 fully saturated rings. The van der Waals surface area contributed by atoms with E-state index in [1.54, 1.807) is 18.2 Å². The number of nitrogens with zero attached hydrogens (tertiary/aromatic N) is 1. The highest BCUT2D eigenvalue weighted by Crippen LogP contribution is 2.19. The average Bonchev–Trinajstić information content (AvgIpc) is 2.93. The van der Waals surface area contributed by atoms with E-state index in [1.165, 1.54) is 23.5 Å². The second-order valence-corrected chi connectivity index (χ2v) is 5.91. The van der Waals surface area contributed by atoms with Crippen molar-refractivity contribution in [2.45, 2.75) is 13.3 Å². The summed E-state index contributed by atoms with van der Waals surface area (Å²) in [6.07, 6.45) is 0.624. The van der Waals surface area contributed by atoms with Crippen LogP contribution >= 0.6 is 11.3 Å². The molecule has 0 aliphatic carbocycles. The number of hydrogen-bond acceptors (Lipinski definition) is 5. The zero-order valence-corrected chi connectivity index (χ0v) is 12.9. The standard InChI is InChI=1S/C15H16N2O4S/c1-11-6-7-14(22-11)15(18)16-8-3-9-21-13-5-2-4-12(10-13)17(19)20/h2,4-7,10H,3,8-9H2,1H3,(H,16,18). The normalized spacial score (nSPS) is 10.2. The minimum Gasteiger partial charge on any atom is -0.493 e. The SMILES string of the molecule is Cc1ccc(C(=O)NCCCOc2cccc([N+](=O)[O-])c2)s1. The Bertz CT molecular complexity index is 669. The summed E-state index contributed by atoms with van der Waals surface area (Å²) in [5.74, 6) is 0.364. The first kappa shape index (κ1) is 16.0. The number of carbonyl (C=O) groups excluding carboxylic acids is 1. The van der Waals surface area contributed by atoms with E-state index < -0.39 is 4.92 Å². The minimum atomic E-state index is -0.462. The van der Waals surface area contributed by atoms with Crippen molar-refractivity contribution in [3.05, 3.63) is 56.3 Å². The molecule has 1 amide bonds. The van der Waals surface area contributed by atoms with Gasteiger partial charge in [-0.2, -0.15) is 0 Å². The molecule has 0 saturated carbocycles. The van der Waals surface area contributed by atoms with E-state index in [1.807, 2.05) is 13.0 Å². The fourth-order valence-corrected chi connectivity index (χ4v) is 2.58. The predicted octanol–water partition coefficient (Wildman–Crippen LogP) is 3.16. The fraction of sp³-hybridized carbons (Fsp3) is 0.267. The van der Waals surface area contributed by atoms with Crippen molar-refractivity contribution in [2.75, 3.05) is 13.2 Å². The molecule has 0 bridgehead atoms. The number of hydrogen-bond donors (Lipinski definition) is 1. The van der Waals surface area contributed by atoms with Crippen molar-refractivity contribution >= 4 is 22.9 Å². The Morgan fingerprint density at radius 3 is 2.86 bits per heavy atom. The number of nitrogens with one attached hydrogen (secondary N) is 1. The van der Waals surface area contributed by atoms with E-state index in [2.05, 4.69) is 5.32 Å². The molecule has 2 rings (SSSR count). The number of nitro benzene ring substituents is 1. The van der Waals surface area contributed by atoms with Crippen LogP contribution in [0.25, 0.3) is 0 Å². The van der Waals surface area contributed by atoms with Crippen molar-refractivity contribution in [3.8, 4) is 5.75 Å². The van der Waals surface area contributed by atoms with Crippen molar-refractivity contribution in [3.63, 3.8) is 0 Å². The van der Waals surface area contributed by atoms with Gasteiger partial charge in [0.25, 0.3) is 11.6 Å². The number of ether oxygens (including phenoxy) is 1. The van der Waals surface area contributed by atoms with E-state index in [0.29, 0.717) is 30.2 Å². The number of non-ortho nitro benzene ring substituents is 1. The molecule has 116 valence electrons. The Morgan fingerprint density at radius 2 is 2.18 bits per heavy atom. The molecule has 22 heavy (non-hydrogen) atoms. The molecule has 0 aliphatic rings. The molecule has 1 aromatic carbocycles. The first-order chi connectivity index (χ1) is 10.6. The lowest BCUT2D eigenvalue weighted by atomic mass is 10.3. The summed E-state index contributed by atoms with van der Waals surface area (Å²) < 4.78 is 5.44. The molecule has 1 heterocycles. The van der Waals surface area contributed by atoms with Gasteiger partial charge in [0.2, 0.25) is 0 Å². The topological polar surface area (TPSA) is 81.5 Å². The van der Waals surface area contributed by atoms with Gasteiger partial charge in [0.15, 0.2) is 0 Å². The maximum Gasteiger partial charge on any atom is 0.273 e. The quantitative estimate of drug-likeness (QED) is 0.482. The van der Waals surface area contributed by atoms with Crippen LogP contribution in [0.1, 0.15) is 21.0 Å². The smallest absolute Gasteiger partial charge is 0.273 e. The monoisotopic (exact) mass is 320 g/mol. The molecule has 0 radical (unpaired) electrons. The van der Waals surface area contributed by atoms with Crippen molar-refractivity contribution in [1.82, 2.24) is 5.32 Å². The molecular weight excluding hydrogens is 304 g/mol. The molecular formula is C15H16N2O4S. The van der Waals surface area contributed by atoms with Gasteiger partial charge in [-0.25, -0.2) is 0 Å². The summed E-state index contributed by atoms with van der Waals surface area (Å²) in [5.41, 5.74) is -0.00105. The number of carbonyl (C=O) groups is 1. The van der Waals surface area contributed by atoms with Gasteiger partial charge in [-0.15, -0.1) is 11.3 Å². The maximum absolute atomic E-state index is 11.8. The number of aryl methyl sites for hydroxylation is 1. The van der Waals surface area contributed by atoms with Gasteiger partial charge >= 0.3 is 0 Å². The number of rotatable bonds is 7. The Hall–Kier alpha value is -2.41. The molecule has 0 aliphatic heterocycles. The molecule has 0 saturated heterocycles. The van der Waals surface area contributed by atoms with Gasteiger partial charge in [0, 0.05) is 17.5 Å². The number of benzene rings is 1. The molecule has 2 aromatic rings. The highest BCUT2D eigenvalue weighted by Gasteiger charge is 2.08. The van der Waals surface area contributed by atoms with Gasteiger partial charge in [-0.1, -0.05) is 6.07 Å². The Morgan fingerprint density at radius 1 is 1.36 bits per heavy atom. The van der Waals surface area contributed by atoms with Crippen LogP contribution in [-0.4, -0.2) is 24.0 Å². The molecule has 6 nitrogen and oxygen atoms in total. The number of thiophene rings is 1. The van der Waals surface area contributed by atoms with Gasteiger partial charge in [0.1, 0.15) is 5.75 Å². The Balaban J connectivity index is 1.70. The summed E-state index contributed by atoms with van der Waals surface area (Å²) in [4.78, 5) is 23.8. The van der Waals surface area contributed by atoms with Crippen LogP contribution in [-0.2, 0) is 0 Å². The van der Waals surface area contributed by atoms with Gasteiger partial charge < -0.3 is 10.1 Å². The fourth-order valence-electron chi connectivity index (χ4n) is 1.79. The van der Waals surface area contributed by atoms with E-state index in [0.717, 1.165) is 4.88 Å². The van der Waals surface area contributed by atoms with Gasteiger partial charge in [0.05, 0.1) is 22.5 Å². The van der Waals surface area contributed by atoms with Crippen molar-refractivity contribution in [2.24, 2.45) is 0 Å². The average molecular weight is 320 g/mol. The van der Waals surface area contributed by atoms with Crippen LogP contribution in [0.5, 0.6) is 5.75 Å². The van der Waals surface area contributed by atoms with Crippen molar-refractivity contribution in [1.29, 1.82) is 0 Å². The Labute approximate surface area is 131 Å². The van der Waals surface area contributed by atoms with Gasteiger partial charge in [-0.3, -0.25) is 14.9 Å². The van der Waals surface area contributed by atoms with E-state index in [9.17, 15) is 14.9 Å². The third-order valence-electron chi connectivity index (χ3n) is 2.87. The van der Waals surface area contributed by atoms with Crippen LogP contribution in [0.2, 0.25) is 0 Å². The van der Waals surface area contributed by atoms with Gasteiger partial charge in [-0.05, 0) is 31.5 Å². The lowest BCUT2D eigenvalue weighted by molar-refractivity contribution is -0.384. The number of nitro groups is 1. The second kappa shape index (κ2) is 7.56. The third-order valence-corrected chi connectivity index (χ3v) is 3.87. The van der Waals surface area contributed by atoms with Crippen molar-refractivity contribution < 1.29 is 14.5 Å². The molecule has 0 atom stereocenters. The summed E-state index contributed by atoms with van der Waals surface area (Å²) >= 11 is 1.45. The first-order valence-corrected chi connectivity index (χ1v) is 7.60. The zero-order valence-electron chi connectivity index (χ0n) is 12.1. The second-order valence-electron chi connectivity index (χ2n) is 4.62. The highest BCUT2D eigenvalue weighted by atomic mass is 32.1. The van der Waals surface area contributed by atoms with Crippen LogP contribution in [0.3, 0.4) is 0 Å². The molecule has 0 unspecified atom stereocenters.